The number of benzene rings is 2. The Bertz CT molecular complexity index is 1120. The average Bonchev–Trinajstić information content (AvgIpc) is 3.07. The van der Waals surface area contributed by atoms with E-state index in [1.807, 2.05) is 18.2 Å². The molecule has 4 nitrogen and oxygen atoms in total. The van der Waals surface area contributed by atoms with Gasteiger partial charge >= 0.3 is 0 Å². The predicted molar refractivity (Wildman–Crippen MR) is 119 cm³/mol. The zero-order valence-corrected chi connectivity index (χ0v) is 17.7. The molecular formula is C22H17Cl2N3OS. The number of nitrogens with zero attached hydrogens (tertiary/aromatic N) is 3. The average molecular weight is 442 g/mol. The monoisotopic (exact) mass is 441 g/mol. The highest BCUT2D eigenvalue weighted by Crippen LogP contribution is 2.39. The summed E-state index contributed by atoms with van der Waals surface area (Å²) >= 11 is 13.5. The normalized spacial score (nSPS) is 14.1. The van der Waals surface area contributed by atoms with Crippen LogP contribution in [0.2, 0.25) is 10.0 Å². The number of fused-ring (bicyclic) bond motifs is 1. The van der Waals surface area contributed by atoms with Crippen LogP contribution in [0.5, 0.6) is 5.75 Å². The van der Waals surface area contributed by atoms with Crippen molar-refractivity contribution in [3.05, 3.63) is 79.6 Å². The summed E-state index contributed by atoms with van der Waals surface area (Å²) in [5.74, 6) is -0.0753. The molecule has 1 N–H and O–H groups in total. The first kappa shape index (κ1) is 19.9. The molecule has 0 atom stereocenters. The summed E-state index contributed by atoms with van der Waals surface area (Å²) in [5.41, 5.74) is 3.40. The van der Waals surface area contributed by atoms with E-state index in [1.54, 1.807) is 6.07 Å². The smallest absolute Gasteiger partial charge is 0.143 e. The van der Waals surface area contributed by atoms with Crippen LogP contribution in [0.25, 0.3) is 0 Å². The number of hydrogen-bond acceptors (Lipinski definition) is 5. The molecule has 0 unspecified atom stereocenters. The Morgan fingerprint density at radius 1 is 1.24 bits per heavy atom. The molecule has 1 aliphatic heterocycles. The van der Waals surface area contributed by atoms with Crippen molar-refractivity contribution in [2.75, 3.05) is 6.54 Å². The minimum Gasteiger partial charge on any atom is -0.506 e. The van der Waals surface area contributed by atoms with E-state index in [9.17, 15) is 10.4 Å². The molecule has 1 aromatic heterocycles. The first-order chi connectivity index (χ1) is 14.0. The molecule has 0 amide bonds. The third kappa shape index (κ3) is 4.31. The summed E-state index contributed by atoms with van der Waals surface area (Å²) in [5, 5.41) is 21.0. The number of aromatic hydroxyl groups is 1. The molecule has 0 fully saturated rings. The molecule has 0 saturated heterocycles. The first-order valence-corrected chi connectivity index (χ1v) is 10.7. The Balaban J connectivity index is 1.59. The van der Waals surface area contributed by atoms with Crippen molar-refractivity contribution in [2.45, 2.75) is 19.5 Å². The minimum atomic E-state index is -0.0753. The number of halogens is 2. The van der Waals surface area contributed by atoms with Crippen LogP contribution in [0.3, 0.4) is 0 Å². The highest BCUT2D eigenvalue weighted by atomic mass is 35.5. The maximum absolute atomic E-state index is 10.1. The molecule has 29 heavy (non-hydrogen) atoms. The predicted octanol–water partition coefficient (Wildman–Crippen LogP) is 5.94. The van der Waals surface area contributed by atoms with Gasteiger partial charge in [0.05, 0.1) is 10.6 Å². The third-order valence-corrected chi connectivity index (χ3v) is 6.49. The lowest BCUT2D eigenvalue weighted by molar-refractivity contribution is 0.249. The largest absolute Gasteiger partial charge is 0.506 e. The SMILES string of the molecule is N#Cc1c(N=Cc2cc(Cl)cc(Cl)c2O)sc2c1CCN(Cc1ccccc1)C2. The number of thiophene rings is 1. The van der Waals surface area contributed by atoms with Crippen molar-refractivity contribution in [2.24, 2.45) is 4.99 Å². The van der Waals surface area contributed by atoms with Gasteiger partial charge < -0.3 is 5.11 Å². The van der Waals surface area contributed by atoms with Crippen LogP contribution >= 0.6 is 34.5 Å². The summed E-state index contributed by atoms with van der Waals surface area (Å²) in [6.07, 6.45) is 2.33. The van der Waals surface area contributed by atoms with Gasteiger partial charge in [-0.25, -0.2) is 4.99 Å². The Hall–Kier alpha value is -2.36. The van der Waals surface area contributed by atoms with E-state index in [2.05, 4.69) is 28.1 Å². The van der Waals surface area contributed by atoms with Crippen LogP contribution in [-0.4, -0.2) is 22.8 Å². The molecule has 1 aliphatic rings. The van der Waals surface area contributed by atoms with Gasteiger partial charge in [-0.3, -0.25) is 4.90 Å². The van der Waals surface area contributed by atoms with Gasteiger partial charge in [0.2, 0.25) is 0 Å². The lowest BCUT2D eigenvalue weighted by Crippen LogP contribution is -2.29. The van der Waals surface area contributed by atoms with E-state index >= 15 is 0 Å². The van der Waals surface area contributed by atoms with Crippen molar-refractivity contribution in [3.63, 3.8) is 0 Å². The van der Waals surface area contributed by atoms with Crippen molar-refractivity contribution < 1.29 is 5.11 Å². The van der Waals surface area contributed by atoms with Gasteiger partial charge in [0, 0.05) is 41.3 Å². The van der Waals surface area contributed by atoms with E-state index in [1.165, 1.54) is 34.1 Å². The van der Waals surface area contributed by atoms with E-state index in [-0.39, 0.29) is 10.8 Å². The van der Waals surface area contributed by atoms with E-state index in [0.29, 0.717) is 21.2 Å². The molecule has 2 aromatic carbocycles. The Morgan fingerprint density at radius 2 is 2.03 bits per heavy atom. The van der Waals surface area contributed by atoms with E-state index in [0.717, 1.165) is 31.6 Å². The fourth-order valence-corrected chi connectivity index (χ4v) is 5.13. The summed E-state index contributed by atoms with van der Waals surface area (Å²) in [6, 6.07) is 15.7. The number of nitriles is 1. The summed E-state index contributed by atoms with van der Waals surface area (Å²) in [4.78, 5) is 8.03. The maximum Gasteiger partial charge on any atom is 0.143 e. The molecule has 0 spiro atoms. The molecule has 4 rings (SSSR count). The van der Waals surface area contributed by atoms with Crippen molar-refractivity contribution in [1.82, 2.24) is 4.90 Å². The summed E-state index contributed by atoms with van der Waals surface area (Å²) < 4.78 is 0. The molecular weight excluding hydrogens is 425 g/mol. The second-order valence-electron chi connectivity index (χ2n) is 6.83. The molecule has 0 radical (unpaired) electrons. The number of phenolic OH excluding ortho intramolecular Hbond substituents is 1. The fraction of sp³-hybridized carbons (Fsp3) is 0.182. The first-order valence-electron chi connectivity index (χ1n) is 9.08. The van der Waals surface area contributed by atoms with Crippen LogP contribution in [-0.2, 0) is 19.5 Å². The zero-order chi connectivity index (χ0) is 20.4. The molecule has 146 valence electrons. The molecule has 2 heterocycles. The third-order valence-electron chi connectivity index (χ3n) is 4.86. The van der Waals surface area contributed by atoms with E-state index in [4.69, 9.17) is 23.2 Å². The van der Waals surface area contributed by atoms with Crippen molar-refractivity contribution >= 4 is 45.8 Å². The van der Waals surface area contributed by atoms with E-state index < -0.39 is 0 Å². The second-order valence-corrected chi connectivity index (χ2v) is 8.75. The number of phenols is 1. The van der Waals surface area contributed by atoms with Gasteiger partial charge in [-0.1, -0.05) is 53.5 Å². The second kappa shape index (κ2) is 8.56. The molecule has 0 aliphatic carbocycles. The Labute approximate surface area is 183 Å². The standard InChI is InChI=1S/C22H17Cl2N3OS/c23-16-8-15(21(28)19(24)9-16)11-26-22-18(10-25)17-6-7-27(13-20(17)29-22)12-14-4-2-1-3-5-14/h1-5,8-9,11,28H,6-7,12-13H2. The quantitative estimate of drug-likeness (QED) is 0.509. The van der Waals surface area contributed by atoms with Gasteiger partial charge in [0.1, 0.15) is 16.8 Å². The van der Waals surface area contributed by atoms with Gasteiger partial charge in [0.25, 0.3) is 0 Å². The Kier molecular flexibility index (Phi) is 5.89. The highest BCUT2D eigenvalue weighted by molar-refractivity contribution is 7.16. The van der Waals surface area contributed by atoms with Crippen molar-refractivity contribution in [1.29, 1.82) is 5.26 Å². The van der Waals surface area contributed by atoms with Crippen LogP contribution < -0.4 is 0 Å². The number of hydrogen-bond donors (Lipinski definition) is 1. The van der Waals surface area contributed by atoms with Gasteiger partial charge in [0.15, 0.2) is 0 Å². The lowest BCUT2D eigenvalue weighted by Gasteiger charge is -2.26. The molecule has 0 bridgehead atoms. The highest BCUT2D eigenvalue weighted by Gasteiger charge is 2.24. The van der Waals surface area contributed by atoms with Gasteiger partial charge in [-0.15, -0.1) is 11.3 Å². The Morgan fingerprint density at radius 3 is 2.79 bits per heavy atom. The molecule has 7 heteroatoms. The zero-order valence-electron chi connectivity index (χ0n) is 15.4. The maximum atomic E-state index is 10.1. The van der Waals surface area contributed by atoms with Crippen LogP contribution in [0.15, 0.2) is 47.5 Å². The summed E-state index contributed by atoms with van der Waals surface area (Å²) in [6.45, 7) is 2.59. The minimum absolute atomic E-state index is 0.0753. The number of rotatable bonds is 4. The summed E-state index contributed by atoms with van der Waals surface area (Å²) in [7, 11) is 0. The van der Waals surface area contributed by atoms with Crippen LogP contribution in [0, 0.1) is 11.3 Å². The van der Waals surface area contributed by atoms with Crippen LogP contribution in [0.4, 0.5) is 5.00 Å². The fourth-order valence-electron chi connectivity index (χ4n) is 3.44. The topological polar surface area (TPSA) is 59.6 Å². The van der Waals surface area contributed by atoms with Crippen LogP contribution in [0.1, 0.15) is 27.1 Å². The van der Waals surface area contributed by atoms with Gasteiger partial charge in [-0.2, -0.15) is 5.26 Å². The van der Waals surface area contributed by atoms with Crippen molar-refractivity contribution in [3.8, 4) is 11.8 Å². The molecule has 3 aromatic rings. The van der Waals surface area contributed by atoms with Gasteiger partial charge in [-0.05, 0) is 29.7 Å². The number of aliphatic imine (C=N–C) groups is 1. The lowest BCUT2D eigenvalue weighted by atomic mass is 10.0. The molecule has 0 saturated carbocycles.